The molecular weight excluding hydrogens is 310 g/mol. The van der Waals surface area contributed by atoms with Crippen molar-refractivity contribution in [1.82, 2.24) is 20.3 Å². The fraction of sp³-hybridized carbons (Fsp3) is 0.438. The van der Waals surface area contributed by atoms with Crippen molar-refractivity contribution in [2.75, 3.05) is 19.8 Å². The minimum atomic E-state index is -0.280. The lowest BCUT2D eigenvalue weighted by Crippen LogP contribution is -2.27. The SMILES string of the molecule is C[C@@H](NC(=O)c1cn(CCN)nn1)c1ccc2c(c1)OCCCO2. The number of rotatable bonds is 5. The number of carbonyl (C=O) groups is 1. The lowest BCUT2D eigenvalue weighted by Gasteiger charge is -2.15. The highest BCUT2D eigenvalue weighted by atomic mass is 16.5. The van der Waals surface area contributed by atoms with E-state index >= 15 is 0 Å². The summed E-state index contributed by atoms with van der Waals surface area (Å²) < 4.78 is 12.8. The standard InChI is InChI=1S/C16H21N5O3/c1-11(18-16(22)13-10-21(6-5-17)20-19-13)12-3-4-14-15(9-12)24-8-2-7-23-14/h3-4,9-11H,2,5-8,17H2,1H3,(H,18,22)/t11-/m1/s1. The molecule has 0 radical (unpaired) electrons. The number of nitrogens with two attached hydrogens (primary N) is 1. The van der Waals surface area contributed by atoms with Crippen LogP contribution in [0.2, 0.25) is 0 Å². The Morgan fingerprint density at radius 2 is 2.17 bits per heavy atom. The van der Waals surface area contributed by atoms with Crippen LogP contribution in [0.3, 0.4) is 0 Å². The molecule has 1 amide bonds. The quantitative estimate of drug-likeness (QED) is 0.843. The highest BCUT2D eigenvalue weighted by molar-refractivity contribution is 5.92. The van der Waals surface area contributed by atoms with Gasteiger partial charge in [-0.15, -0.1) is 5.10 Å². The molecule has 1 aromatic heterocycles. The van der Waals surface area contributed by atoms with Crippen molar-refractivity contribution in [3.63, 3.8) is 0 Å². The number of hydrogen-bond acceptors (Lipinski definition) is 6. The minimum Gasteiger partial charge on any atom is -0.490 e. The van der Waals surface area contributed by atoms with E-state index in [0.29, 0.717) is 32.1 Å². The van der Waals surface area contributed by atoms with Gasteiger partial charge >= 0.3 is 0 Å². The van der Waals surface area contributed by atoms with Crippen LogP contribution >= 0.6 is 0 Å². The lowest BCUT2D eigenvalue weighted by molar-refractivity contribution is 0.0934. The van der Waals surface area contributed by atoms with Crippen LogP contribution in [0.4, 0.5) is 0 Å². The fourth-order valence-corrected chi connectivity index (χ4v) is 2.45. The summed E-state index contributed by atoms with van der Waals surface area (Å²) in [7, 11) is 0. The number of aromatic nitrogens is 3. The first kappa shape index (κ1) is 16.3. The van der Waals surface area contributed by atoms with Crippen LogP contribution in [0.25, 0.3) is 0 Å². The summed E-state index contributed by atoms with van der Waals surface area (Å²) >= 11 is 0. The maximum atomic E-state index is 12.3. The van der Waals surface area contributed by atoms with E-state index in [1.54, 1.807) is 10.9 Å². The summed E-state index contributed by atoms with van der Waals surface area (Å²) in [6, 6.07) is 5.49. The maximum Gasteiger partial charge on any atom is 0.273 e. The van der Waals surface area contributed by atoms with Crippen LogP contribution in [0.1, 0.15) is 35.4 Å². The molecule has 3 N–H and O–H groups in total. The minimum absolute atomic E-state index is 0.200. The van der Waals surface area contributed by atoms with E-state index in [2.05, 4.69) is 15.6 Å². The van der Waals surface area contributed by atoms with Gasteiger partial charge in [0.25, 0.3) is 5.91 Å². The highest BCUT2D eigenvalue weighted by Gasteiger charge is 2.17. The predicted molar refractivity (Wildman–Crippen MR) is 87.0 cm³/mol. The Morgan fingerprint density at radius 3 is 2.96 bits per heavy atom. The molecule has 0 bridgehead atoms. The summed E-state index contributed by atoms with van der Waals surface area (Å²) in [6.07, 6.45) is 2.44. The van der Waals surface area contributed by atoms with Gasteiger partial charge in [-0.05, 0) is 24.6 Å². The molecule has 24 heavy (non-hydrogen) atoms. The maximum absolute atomic E-state index is 12.3. The lowest BCUT2D eigenvalue weighted by atomic mass is 10.1. The first-order chi connectivity index (χ1) is 11.7. The first-order valence-electron chi connectivity index (χ1n) is 7.98. The number of hydrogen-bond donors (Lipinski definition) is 2. The molecule has 0 aliphatic carbocycles. The molecule has 1 aliphatic rings. The topological polar surface area (TPSA) is 104 Å². The number of nitrogens with one attached hydrogen (secondary N) is 1. The second-order valence-corrected chi connectivity index (χ2v) is 5.61. The number of carbonyl (C=O) groups excluding carboxylic acids is 1. The molecule has 0 saturated heterocycles. The molecule has 2 aromatic rings. The van der Waals surface area contributed by atoms with Crippen molar-refractivity contribution < 1.29 is 14.3 Å². The molecule has 0 spiro atoms. The van der Waals surface area contributed by atoms with Crippen LogP contribution in [-0.2, 0) is 6.54 Å². The zero-order valence-corrected chi connectivity index (χ0v) is 13.6. The van der Waals surface area contributed by atoms with Crippen molar-refractivity contribution >= 4 is 5.91 Å². The average molecular weight is 331 g/mol. The third-order valence-electron chi connectivity index (χ3n) is 3.75. The largest absolute Gasteiger partial charge is 0.490 e. The molecule has 1 aliphatic heterocycles. The van der Waals surface area contributed by atoms with Crippen LogP contribution in [0, 0.1) is 0 Å². The Balaban J connectivity index is 1.68. The fourth-order valence-electron chi connectivity index (χ4n) is 2.45. The second kappa shape index (κ2) is 7.31. The van der Waals surface area contributed by atoms with E-state index in [0.717, 1.165) is 17.7 Å². The van der Waals surface area contributed by atoms with Crippen molar-refractivity contribution in [2.24, 2.45) is 5.73 Å². The Kier molecular flexibility index (Phi) is 4.95. The Labute approximate surface area is 139 Å². The van der Waals surface area contributed by atoms with Gasteiger partial charge in [0.15, 0.2) is 17.2 Å². The molecule has 0 unspecified atom stereocenters. The second-order valence-electron chi connectivity index (χ2n) is 5.61. The van der Waals surface area contributed by atoms with Crippen molar-refractivity contribution in [3.8, 4) is 11.5 Å². The number of fused-ring (bicyclic) bond motifs is 1. The molecule has 0 saturated carbocycles. The Morgan fingerprint density at radius 1 is 1.38 bits per heavy atom. The smallest absolute Gasteiger partial charge is 0.273 e. The Bertz CT molecular complexity index is 715. The number of amides is 1. The van der Waals surface area contributed by atoms with E-state index < -0.39 is 0 Å². The predicted octanol–water partition coefficient (Wildman–Crippen LogP) is 0.889. The normalized spacial score (nSPS) is 14.8. The molecule has 0 fully saturated rings. The van der Waals surface area contributed by atoms with E-state index in [-0.39, 0.29) is 17.6 Å². The van der Waals surface area contributed by atoms with Gasteiger partial charge in [0.2, 0.25) is 0 Å². The average Bonchev–Trinajstić information content (AvgIpc) is 2.92. The van der Waals surface area contributed by atoms with Gasteiger partial charge in [0.1, 0.15) is 0 Å². The summed E-state index contributed by atoms with van der Waals surface area (Å²) in [5, 5.41) is 10.6. The van der Waals surface area contributed by atoms with Crippen LogP contribution in [-0.4, -0.2) is 40.7 Å². The molecule has 128 valence electrons. The third kappa shape index (κ3) is 3.65. The van der Waals surface area contributed by atoms with Crippen molar-refractivity contribution in [3.05, 3.63) is 35.7 Å². The van der Waals surface area contributed by atoms with Gasteiger partial charge in [-0.2, -0.15) is 0 Å². The van der Waals surface area contributed by atoms with Crippen LogP contribution in [0.5, 0.6) is 11.5 Å². The van der Waals surface area contributed by atoms with E-state index in [1.165, 1.54) is 0 Å². The van der Waals surface area contributed by atoms with E-state index in [9.17, 15) is 4.79 Å². The van der Waals surface area contributed by atoms with Crippen molar-refractivity contribution in [1.29, 1.82) is 0 Å². The van der Waals surface area contributed by atoms with Crippen LogP contribution < -0.4 is 20.5 Å². The molecule has 2 heterocycles. The van der Waals surface area contributed by atoms with Gasteiger partial charge in [-0.1, -0.05) is 11.3 Å². The van der Waals surface area contributed by atoms with Gasteiger partial charge in [0.05, 0.1) is 32.0 Å². The molecule has 3 rings (SSSR count). The zero-order valence-electron chi connectivity index (χ0n) is 13.6. The highest BCUT2D eigenvalue weighted by Crippen LogP contribution is 2.32. The molecule has 8 nitrogen and oxygen atoms in total. The number of nitrogens with zero attached hydrogens (tertiary/aromatic N) is 3. The summed E-state index contributed by atoms with van der Waals surface area (Å²) in [6.45, 7) is 4.15. The van der Waals surface area contributed by atoms with Gasteiger partial charge in [-0.25, -0.2) is 0 Å². The van der Waals surface area contributed by atoms with Gasteiger partial charge in [-0.3, -0.25) is 9.48 Å². The molecular formula is C16H21N5O3. The molecule has 1 atom stereocenters. The van der Waals surface area contributed by atoms with Crippen molar-refractivity contribution in [2.45, 2.75) is 25.9 Å². The first-order valence-corrected chi connectivity index (χ1v) is 7.98. The number of benzene rings is 1. The zero-order chi connectivity index (χ0) is 16.9. The summed E-state index contributed by atoms with van der Waals surface area (Å²) in [4.78, 5) is 12.3. The molecule has 8 heteroatoms. The van der Waals surface area contributed by atoms with E-state index in [1.807, 2.05) is 25.1 Å². The monoisotopic (exact) mass is 331 g/mol. The summed E-state index contributed by atoms with van der Waals surface area (Å²) in [5.74, 6) is 1.16. The van der Waals surface area contributed by atoms with Gasteiger partial charge < -0.3 is 20.5 Å². The van der Waals surface area contributed by atoms with Gasteiger partial charge in [0, 0.05) is 13.0 Å². The Hall–Kier alpha value is -2.61. The van der Waals surface area contributed by atoms with E-state index in [4.69, 9.17) is 15.2 Å². The number of ether oxygens (including phenoxy) is 2. The summed E-state index contributed by atoms with van der Waals surface area (Å²) in [5.41, 5.74) is 6.66. The molecule has 1 aromatic carbocycles. The third-order valence-corrected chi connectivity index (χ3v) is 3.75. The van der Waals surface area contributed by atoms with Crippen LogP contribution in [0.15, 0.2) is 24.4 Å².